The van der Waals surface area contributed by atoms with Gasteiger partial charge in [0.15, 0.2) is 11.6 Å². The Morgan fingerprint density at radius 3 is 2.85 bits per heavy atom. The Hall–Kier alpha value is -1.95. The zero-order valence-corrected chi connectivity index (χ0v) is 11.7. The van der Waals surface area contributed by atoms with Crippen LogP contribution < -0.4 is 4.74 Å². The van der Waals surface area contributed by atoms with E-state index in [2.05, 4.69) is 4.98 Å². The van der Waals surface area contributed by atoms with E-state index in [0.29, 0.717) is 25.1 Å². The maximum Gasteiger partial charge on any atom is 0.347 e. The van der Waals surface area contributed by atoms with Gasteiger partial charge in [0.2, 0.25) is 0 Å². The highest BCUT2D eigenvalue weighted by Gasteiger charge is 2.13. The summed E-state index contributed by atoms with van der Waals surface area (Å²) in [5.74, 6) is -1.10. The summed E-state index contributed by atoms with van der Waals surface area (Å²) in [6, 6.07) is 6.24. The Labute approximate surface area is 119 Å². The van der Waals surface area contributed by atoms with Crippen molar-refractivity contribution >= 4 is 17.3 Å². The van der Waals surface area contributed by atoms with Crippen LogP contribution in [0.4, 0.5) is 4.39 Å². The van der Waals surface area contributed by atoms with Crippen LogP contribution in [0.3, 0.4) is 0 Å². The molecule has 0 aliphatic carbocycles. The summed E-state index contributed by atoms with van der Waals surface area (Å²) in [6.45, 7) is 2.04. The highest BCUT2D eigenvalue weighted by Crippen LogP contribution is 2.20. The van der Waals surface area contributed by atoms with E-state index in [4.69, 9.17) is 9.84 Å². The van der Waals surface area contributed by atoms with Crippen molar-refractivity contribution in [3.63, 3.8) is 0 Å². The van der Waals surface area contributed by atoms with Gasteiger partial charge >= 0.3 is 5.97 Å². The van der Waals surface area contributed by atoms with Gasteiger partial charge in [-0.3, -0.25) is 0 Å². The molecule has 0 saturated carbocycles. The SMILES string of the molecule is Cc1nc(CCCOc2ccccc2F)sc1C(=O)O. The molecule has 1 aromatic heterocycles. The fraction of sp³-hybridized carbons (Fsp3) is 0.286. The standard InChI is InChI=1S/C14H14FNO3S/c1-9-13(14(17)18)20-12(16-9)7-4-8-19-11-6-3-2-5-10(11)15/h2-3,5-6H,4,7-8H2,1H3,(H,17,18). The number of rotatable bonds is 6. The van der Waals surface area contributed by atoms with Gasteiger partial charge in [-0.25, -0.2) is 14.2 Å². The first-order valence-corrected chi connectivity index (χ1v) is 6.96. The lowest BCUT2D eigenvalue weighted by Gasteiger charge is -2.05. The second-order valence-corrected chi connectivity index (χ2v) is 5.29. The number of aromatic carboxylic acids is 1. The summed E-state index contributed by atoms with van der Waals surface area (Å²) in [4.78, 5) is 15.4. The molecule has 0 bridgehead atoms. The molecule has 20 heavy (non-hydrogen) atoms. The van der Waals surface area contributed by atoms with E-state index in [1.165, 1.54) is 17.4 Å². The molecule has 4 nitrogen and oxygen atoms in total. The molecule has 1 aromatic carbocycles. The molecule has 0 spiro atoms. The fourth-order valence-corrected chi connectivity index (χ4v) is 2.67. The van der Waals surface area contributed by atoms with E-state index in [9.17, 15) is 9.18 Å². The smallest absolute Gasteiger partial charge is 0.347 e. The minimum Gasteiger partial charge on any atom is -0.491 e. The van der Waals surface area contributed by atoms with Crippen molar-refractivity contribution in [1.29, 1.82) is 0 Å². The van der Waals surface area contributed by atoms with Gasteiger partial charge in [-0.05, 0) is 25.5 Å². The number of halogens is 1. The zero-order chi connectivity index (χ0) is 14.5. The predicted molar refractivity (Wildman–Crippen MR) is 74.0 cm³/mol. The van der Waals surface area contributed by atoms with Crippen LogP contribution in [0.2, 0.25) is 0 Å². The number of carboxylic acids is 1. The fourth-order valence-electron chi connectivity index (χ4n) is 1.72. The third-order valence-corrected chi connectivity index (χ3v) is 3.87. The van der Waals surface area contributed by atoms with Gasteiger partial charge in [0.25, 0.3) is 0 Å². The Kier molecular flexibility index (Phi) is 4.68. The first kappa shape index (κ1) is 14.5. The molecule has 0 radical (unpaired) electrons. The monoisotopic (exact) mass is 295 g/mol. The lowest BCUT2D eigenvalue weighted by atomic mass is 10.3. The Morgan fingerprint density at radius 2 is 2.20 bits per heavy atom. The van der Waals surface area contributed by atoms with Crippen LogP contribution in [0.1, 0.15) is 26.8 Å². The van der Waals surface area contributed by atoms with Crippen molar-refractivity contribution in [3.8, 4) is 5.75 Å². The molecule has 2 rings (SSSR count). The Bertz CT molecular complexity index is 612. The number of ether oxygens (including phenoxy) is 1. The van der Waals surface area contributed by atoms with Crippen LogP contribution in [-0.4, -0.2) is 22.7 Å². The first-order chi connectivity index (χ1) is 9.58. The number of hydrogen-bond donors (Lipinski definition) is 1. The van der Waals surface area contributed by atoms with Crippen molar-refractivity contribution in [3.05, 3.63) is 45.7 Å². The molecule has 6 heteroatoms. The van der Waals surface area contributed by atoms with Crippen LogP contribution >= 0.6 is 11.3 Å². The van der Waals surface area contributed by atoms with E-state index in [-0.39, 0.29) is 16.4 Å². The van der Waals surface area contributed by atoms with Crippen molar-refractivity contribution in [2.24, 2.45) is 0 Å². The molecule has 0 saturated heterocycles. The number of aromatic nitrogens is 1. The molecule has 0 fully saturated rings. The van der Waals surface area contributed by atoms with E-state index in [0.717, 1.165) is 5.01 Å². The number of thiazole rings is 1. The van der Waals surface area contributed by atoms with Gasteiger partial charge in [-0.1, -0.05) is 12.1 Å². The number of aryl methyl sites for hydroxylation is 2. The Morgan fingerprint density at radius 1 is 1.45 bits per heavy atom. The second-order valence-electron chi connectivity index (χ2n) is 4.21. The van der Waals surface area contributed by atoms with Crippen LogP contribution in [0, 0.1) is 12.7 Å². The van der Waals surface area contributed by atoms with Crippen LogP contribution in [0.15, 0.2) is 24.3 Å². The molecule has 106 valence electrons. The highest BCUT2D eigenvalue weighted by molar-refractivity contribution is 7.13. The minimum atomic E-state index is -0.950. The van der Waals surface area contributed by atoms with Gasteiger partial charge in [-0.15, -0.1) is 11.3 Å². The molecular weight excluding hydrogens is 281 g/mol. The van der Waals surface area contributed by atoms with Crippen molar-refractivity contribution in [2.45, 2.75) is 19.8 Å². The molecular formula is C14H14FNO3S. The van der Waals surface area contributed by atoms with Gasteiger partial charge < -0.3 is 9.84 Å². The number of carbonyl (C=O) groups is 1. The highest BCUT2D eigenvalue weighted by atomic mass is 32.1. The van der Waals surface area contributed by atoms with E-state index in [1.54, 1.807) is 25.1 Å². The van der Waals surface area contributed by atoms with Crippen molar-refractivity contribution in [2.75, 3.05) is 6.61 Å². The first-order valence-electron chi connectivity index (χ1n) is 6.15. The van der Waals surface area contributed by atoms with E-state index in [1.807, 2.05) is 0 Å². The van der Waals surface area contributed by atoms with Crippen LogP contribution in [0.25, 0.3) is 0 Å². The van der Waals surface area contributed by atoms with Crippen molar-refractivity contribution < 1.29 is 19.0 Å². The van der Waals surface area contributed by atoms with Gasteiger partial charge in [0.1, 0.15) is 4.88 Å². The molecule has 0 unspecified atom stereocenters. The molecule has 1 heterocycles. The number of para-hydroxylation sites is 1. The maximum atomic E-state index is 13.3. The van der Waals surface area contributed by atoms with Gasteiger partial charge in [-0.2, -0.15) is 0 Å². The second kappa shape index (κ2) is 6.47. The largest absolute Gasteiger partial charge is 0.491 e. The van der Waals surface area contributed by atoms with Crippen molar-refractivity contribution in [1.82, 2.24) is 4.98 Å². The number of benzene rings is 1. The molecule has 0 atom stereocenters. The normalized spacial score (nSPS) is 10.5. The lowest BCUT2D eigenvalue weighted by molar-refractivity contribution is 0.0701. The molecule has 0 amide bonds. The zero-order valence-electron chi connectivity index (χ0n) is 10.9. The number of carboxylic acid groups (broad SMARTS) is 1. The molecule has 0 aliphatic heterocycles. The predicted octanol–water partition coefficient (Wildman–Crippen LogP) is 3.30. The van der Waals surface area contributed by atoms with Gasteiger partial charge in [0, 0.05) is 6.42 Å². The number of hydrogen-bond acceptors (Lipinski definition) is 4. The summed E-state index contributed by atoms with van der Waals surface area (Å²) in [6.07, 6.45) is 1.27. The average molecular weight is 295 g/mol. The third kappa shape index (κ3) is 3.54. The Balaban J connectivity index is 1.83. The number of nitrogens with zero attached hydrogens (tertiary/aromatic N) is 1. The van der Waals surface area contributed by atoms with Crippen LogP contribution in [-0.2, 0) is 6.42 Å². The summed E-state index contributed by atoms with van der Waals surface area (Å²) in [5.41, 5.74) is 0.535. The molecule has 2 aromatic rings. The minimum absolute atomic E-state index is 0.231. The summed E-state index contributed by atoms with van der Waals surface area (Å²) in [7, 11) is 0. The topological polar surface area (TPSA) is 59.4 Å². The maximum absolute atomic E-state index is 13.3. The van der Waals surface area contributed by atoms with E-state index < -0.39 is 5.97 Å². The van der Waals surface area contributed by atoms with E-state index >= 15 is 0 Å². The lowest BCUT2D eigenvalue weighted by Crippen LogP contribution is -2.00. The van der Waals surface area contributed by atoms with Crippen LogP contribution in [0.5, 0.6) is 5.75 Å². The summed E-state index contributed by atoms with van der Waals surface area (Å²) < 4.78 is 18.6. The third-order valence-electron chi connectivity index (χ3n) is 2.66. The molecule has 1 N–H and O–H groups in total. The quantitative estimate of drug-likeness (QED) is 0.831. The summed E-state index contributed by atoms with van der Waals surface area (Å²) in [5, 5.41) is 9.69. The van der Waals surface area contributed by atoms with Gasteiger partial charge in [0.05, 0.1) is 17.3 Å². The summed E-state index contributed by atoms with van der Waals surface area (Å²) >= 11 is 1.18. The average Bonchev–Trinajstić information content (AvgIpc) is 2.78. The molecule has 0 aliphatic rings.